The Morgan fingerprint density at radius 2 is 2.27 bits per heavy atom. The summed E-state index contributed by atoms with van der Waals surface area (Å²) in [4.78, 5) is 3.41. The van der Waals surface area contributed by atoms with E-state index in [1.54, 1.807) is 7.11 Å². The third-order valence-corrected chi connectivity index (χ3v) is 4.00. The molecule has 0 aliphatic rings. The fourth-order valence-electron chi connectivity index (χ4n) is 0.931. The third-order valence-electron chi connectivity index (χ3n) is 1.59. The van der Waals surface area contributed by atoms with E-state index in [4.69, 9.17) is 10.2 Å². The molecule has 3 N–H and O–H groups in total. The fraction of sp³-hybridized carbons (Fsp3) is 1.00. The van der Waals surface area contributed by atoms with E-state index in [0.29, 0.717) is 0 Å². The number of rotatable bonds is 7. The van der Waals surface area contributed by atoms with Crippen LogP contribution in [0.2, 0.25) is 6.04 Å². The van der Waals surface area contributed by atoms with Gasteiger partial charge < -0.3 is 15.1 Å². The van der Waals surface area contributed by atoms with Gasteiger partial charge in [0.15, 0.2) is 0 Å². The maximum atomic E-state index is 5.36. The summed E-state index contributed by atoms with van der Waals surface area (Å²) in [5.74, 6) is 0. The number of hydrogen-bond donors (Lipinski definition) is 2. The van der Waals surface area contributed by atoms with Crippen molar-refractivity contribution in [3.8, 4) is 0 Å². The molecule has 0 saturated carbocycles. The van der Waals surface area contributed by atoms with Gasteiger partial charge in [0.05, 0.1) is 0 Å². The highest BCUT2D eigenvalue weighted by molar-refractivity contribution is 6.48. The van der Waals surface area contributed by atoms with E-state index in [1.165, 1.54) is 12.5 Å². The first-order chi connectivity index (χ1) is 5.35. The largest absolute Gasteiger partial charge is 0.409 e. The van der Waals surface area contributed by atoms with Crippen molar-refractivity contribution in [1.29, 1.82) is 0 Å². The molecule has 0 radical (unpaired) electrons. The molecule has 0 aliphatic heterocycles. The average Bonchev–Trinajstić information content (AvgIpc) is 2.03. The average molecular weight is 176 g/mol. The van der Waals surface area contributed by atoms with Crippen LogP contribution in [0, 0.1) is 0 Å². The van der Waals surface area contributed by atoms with E-state index in [9.17, 15) is 0 Å². The van der Waals surface area contributed by atoms with Gasteiger partial charge in [-0.2, -0.15) is 0 Å². The van der Waals surface area contributed by atoms with Crippen molar-refractivity contribution in [1.82, 2.24) is 4.98 Å². The summed E-state index contributed by atoms with van der Waals surface area (Å²) < 4.78 is 5.32. The van der Waals surface area contributed by atoms with Gasteiger partial charge in [-0.1, -0.05) is 13.3 Å². The Morgan fingerprint density at radius 1 is 1.55 bits per heavy atom. The fourth-order valence-corrected chi connectivity index (χ4v) is 2.59. The molecule has 0 rings (SSSR count). The van der Waals surface area contributed by atoms with E-state index < -0.39 is 9.20 Å². The van der Waals surface area contributed by atoms with Gasteiger partial charge in [-0.15, -0.1) is 0 Å². The molecule has 1 atom stereocenters. The van der Waals surface area contributed by atoms with Crippen molar-refractivity contribution in [3.63, 3.8) is 0 Å². The van der Waals surface area contributed by atoms with Crippen LogP contribution in [0.25, 0.3) is 0 Å². The Hall–Kier alpha value is 0.0969. The Kier molecular flexibility index (Phi) is 8.27. The Morgan fingerprint density at radius 3 is 2.73 bits per heavy atom. The molecule has 0 fully saturated rings. The SMILES string of the molecule is CCC[SiH](NCCCN)OC. The summed E-state index contributed by atoms with van der Waals surface area (Å²) in [5, 5.41) is 0. The minimum absolute atomic E-state index is 0.768. The van der Waals surface area contributed by atoms with Gasteiger partial charge in [0, 0.05) is 7.11 Å². The monoisotopic (exact) mass is 176 g/mol. The predicted octanol–water partition coefficient (Wildman–Crippen LogP) is 0.202. The number of nitrogens with one attached hydrogen (secondary N) is 1. The molecule has 0 saturated heterocycles. The minimum atomic E-state index is -1.05. The maximum absolute atomic E-state index is 5.36. The normalized spacial score (nSPS) is 13.4. The summed E-state index contributed by atoms with van der Waals surface area (Å²) in [6.07, 6.45) is 2.26. The second kappa shape index (κ2) is 8.20. The second-order valence-corrected chi connectivity index (χ2v) is 5.04. The molecule has 0 bridgehead atoms. The predicted molar refractivity (Wildman–Crippen MR) is 50.9 cm³/mol. The molecule has 11 heavy (non-hydrogen) atoms. The van der Waals surface area contributed by atoms with Crippen LogP contribution in [-0.4, -0.2) is 29.4 Å². The Labute approximate surface area is 71.1 Å². The van der Waals surface area contributed by atoms with Crippen molar-refractivity contribution in [3.05, 3.63) is 0 Å². The zero-order chi connectivity index (χ0) is 8.53. The number of nitrogens with two attached hydrogens (primary N) is 1. The van der Waals surface area contributed by atoms with Crippen molar-refractivity contribution in [2.24, 2.45) is 5.73 Å². The van der Waals surface area contributed by atoms with Crippen molar-refractivity contribution in [2.75, 3.05) is 20.2 Å². The summed E-state index contributed by atoms with van der Waals surface area (Å²) in [6, 6.07) is 1.21. The van der Waals surface area contributed by atoms with E-state index in [1.807, 2.05) is 0 Å². The van der Waals surface area contributed by atoms with Gasteiger partial charge in [-0.3, -0.25) is 0 Å². The smallest absolute Gasteiger partial charge is 0.251 e. The van der Waals surface area contributed by atoms with Crippen molar-refractivity contribution < 1.29 is 4.43 Å². The maximum Gasteiger partial charge on any atom is 0.251 e. The third kappa shape index (κ3) is 6.49. The zero-order valence-electron chi connectivity index (χ0n) is 7.60. The molecule has 0 heterocycles. The molecule has 0 aromatic heterocycles. The lowest BCUT2D eigenvalue weighted by atomic mass is 10.4. The molecular weight excluding hydrogens is 156 g/mol. The second-order valence-electron chi connectivity index (χ2n) is 2.61. The van der Waals surface area contributed by atoms with Crippen LogP contribution in [0.15, 0.2) is 0 Å². The first-order valence-corrected chi connectivity index (χ1v) is 6.18. The van der Waals surface area contributed by atoms with E-state index in [-0.39, 0.29) is 0 Å². The number of hydrogen-bond acceptors (Lipinski definition) is 3. The van der Waals surface area contributed by atoms with Crippen LogP contribution in [0.4, 0.5) is 0 Å². The molecular formula is C7H20N2OSi. The van der Waals surface area contributed by atoms with E-state index in [2.05, 4.69) is 11.9 Å². The summed E-state index contributed by atoms with van der Waals surface area (Å²) >= 11 is 0. The lowest BCUT2D eigenvalue weighted by Crippen LogP contribution is -2.37. The van der Waals surface area contributed by atoms with Gasteiger partial charge >= 0.3 is 0 Å². The Balaban J connectivity index is 3.20. The molecule has 0 spiro atoms. The van der Waals surface area contributed by atoms with Gasteiger partial charge in [0.1, 0.15) is 0 Å². The quantitative estimate of drug-likeness (QED) is 0.430. The summed E-state index contributed by atoms with van der Waals surface area (Å²) in [5.41, 5.74) is 5.36. The molecule has 0 amide bonds. The molecule has 0 aromatic rings. The topological polar surface area (TPSA) is 47.3 Å². The standard InChI is InChI=1S/C7H20N2OSi/c1-3-7-11(10-2)9-6-4-5-8/h9,11H,3-8H2,1-2H3. The van der Waals surface area contributed by atoms with Crippen LogP contribution in [-0.2, 0) is 4.43 Å². The highest BCUT2D eigenvalue weighted by atomic mass is 28.3. The molecule has 0 aromatic carbocycles. The van der Waals surface area contributed by atoms with Gasteiger partial charge in [-0.05, 0) is 25.6 Å². The highest BCUT2D eigenvalue weighted by Gasteiger charge is 2.06. The zero-order valence-corrected chi connectivity index (χ0v) is 8.75. The van der Waals surface area contributed by atoms with Crippen LogP contribution < -0.4 is 10.7 Å². The minimum Gasteiger partial charge on any atom is -0.409 e. The van der Waals surface area contributed by atoms with Gasteiger partial charge in [-0.25, -0.2) is 0 Å². The highest BCUT2D eigenvalue weighted by Crippen LogP contribution is 1.93. The first-order valence-electron chi connectivity index (χ1n) is 4.31. The first kappa shape index (κ1) is 11.1. The molecule has 1 unspecified atom stereocenters. The van der Waals surface area contributed by atoms with Crippen LogP contribution >= 0.6 is 0 Å². The van der Waals surface area contributed by atoms with E-state index in [0.717, 1.165) is 19.5 Å². The summed E-state index contributed by atoms with van der Waals surface area (Å²) in [7, 11) is 0.744. The lowest BCUT2D eigenvalue weighted by molar-refractivity contribution is 0.404. The molecule has 68 valence electrons. The summed E-state index contributed by atoms with van der Waals surface area (Å²) in [6.45, 7) is 3.97. The Bertz CT molecular complexity index is 82.8. The molecule has 0 aliphatic carbocycles. The van der Waals surface area contributed by atoms with Gasteiger partial charge in [0.25, 0.3) is 9.20 Å². The van der Waals surface area contributed by atoms with Crippen LogP contribution in [0.1, 0.15) is 19.8 Å². The van der Waals surface area contributed by atoms with Gasteiger partial charge in [0.2, 0.25) is 0 Å². The van der Waals surface area contributed by atoms with Crippen LogP contribution in [0.5, 0.6) is 0 Å². The van der Waals surface area contributed by atoms with Crippen LogP contribution in [0.3, 0.4) is 0 Å². The molecule has 3 nitrogen and oxygen atoms in total. The molecule has 4 heteroatoms. The van der Waals surface area contributed by atoms with Crippen molar-refractivity contribution in [2.45, 2.75) is 25.8 Å². The lowest BCUT2D eigenvalue weighted by Gasteiger charge is -2.13. The van der Waals surface area contributed by atoms with Crippen molar-refractivity contribution >= 4 is 9.20 Å². The van der Waals surface area contributed by atoms with E-state index >= 15 is 0 Å².